The number of carbonyl (C=O) groups excluding carboxylic acids is 1. The van der Waals surface area contributed by atoms with Crippen LogP contribution in [0.25, 0.3) is 0 Å². The zero-order valence-corrected chi connectivity index (χ0v) is 14.4. The zero-order chi connectivity index (χ0) is 19.5. The number of carboxylic acids is 2. The normalized spacial score (nSPS) is 12.4. The van der Waals surface area contributed by atoms with Crippen molar-refractivity contribution in [3.63, 3.8) is 0 Å². The van der Waals surface area contributed by atoms with E-state index in [1.807, 2.05) is 30.5 Å². The molecule has 0 bridgehead atoms. The highest BCUT2D eigenvalue weighted by molar-refractivity contribution is 7.99. The summed E-state index contributed by atoms with van der Waals surface area (Å²) in [5.74, 6) is -3.01. The summed E-state index contributed by atoms with van der Waals surface area (Å²) in [5, 5.41) is 34.1. The summed E-state index contributed by atoms with van der Waals surface area (Å²) in [6.07, 6.45) is -1.79. The molecule has 0 amide bonds. The molecule has 7 nitrogen and oxygen atoms in total. The highest BCUT2D eigenvalue weighted by Gasteiger charge is 2.23. The first-order valence-electron chi connectivity index (χ1n) is 7.45. The number of rotatable bonds is 7. The average Bonchev–Trinajstić information content (AvgIpc) is 2.63. The van der Waals surface area contributed by atoms with Gasteiger partial charge >= 0.3 is 5.97 Å². The summed E-state index contributed by atoms with van der Waals surface area (Å²) in [5.41, 5.74) is 1.22. The Balaban J connectivity index is 0.000000294. The number of carboxylic acid groups (broad SMARTS) is 2. The molecule has 1 aromatic heterocycles. The van der Waals surface area contributed by atoms with Crippen LogP contribution < -0.4 is 10.1 Å². The number of nitrogens with one attached hydrogen (secondary N) is 1. The second kappa shape index (κ2) is 11.2. The lowest BCUT2D eigenvalue weighted by Crippen LogP contribution is -2.46. The monoisotopic (exact) mass is 383 g/mol. The summed E-state index contributed by atoms with van der Waals surface area (Å²) >= 11 is 1.74. The number of halogens is 1. The van der Waals surface area contributed by atoms with E-state index in [-0.39, 0.29) is 5.82 Å². The minimum absolute atomic E-state index is 0.180. The number of aromatic amines is 1. The van der Waals surface area contributed by atoms with E-state index in [0.29, 0.717) is 0 Å². The van der Waals surface area contributed by atoms with E-state index in [1.165, 1.54) is 17.8 Å². The summed E-state index contributed by atoms with van der Waals surface area (Å²) in [6.45, 7) is 0. The van der Waals surface area contributed by atoms with Gasteiger partial charge in [-0.05, 0) is 24.3 Å². The minimum atomic E-state index is -2.38. The van der Waals surface area contributed by atoms with Crippen LogP contribution in [0.3, 0.4) is 0 Å². The van der Waals surface area contributed by atoms with Crippen molar-refractivity contribution < 1.29 is 39.4 Å². The summed E-state index contributed by atoms with van der Waals surface area (Å²) < 4.78 is 12.7. The molecule has 0 saturated carbocycles. The molecule has 2 aromatic rings. The van der Waals surface area contributed by atoms with Crippen molar-refractivity contribution >= 4 is 23.7 Å². The minimum Gasteiger partial charge on any atom is -0.547 e. The van der Waals surface area contributed by atoms with Crippen LogP contribution in [-0.2, 0) is 16.0 Å². The molecule has 140 valence electrons. The lowest BCUT2D eigenvalue weighted by Gasteiger charge is -2.13. The van der Waals surface area contributed by atoms with Crippen molar-refractivity contribution in [3.8, 4) is 0 Å². The van der Waals surface area contributed by atoms with E-state index < -0.39 is 24.1 Å². The SMILES string of the molecule is Fc1ccc(SCCc2cccc[nH+]2)cc1.O=C([O-])C(O)C(O)C(=O)O. The van der Waals surface area contributed by atoms with Gasteiger partial charge in [-0.15, -0.1) is 11.8 Å². The van der Waals surface area contributed by atoms with Crippen LogP contribution >= 0.6 is 11.8 Å². The molecule has 0 fully saturated rings. The molecule has 0 spiro atoms. The standard InChI is InChI=1S/C13H12FNS.C4H6O6/c14-11-4-6-13(7-5-11)16-10-8-12-3-1-2-9-15-12;5-1(3(7)8)2(6)4(9)10/h1-7,9H,8,10H2;1-2,5-6H,(H,7,8)(H,9,10). The Morgan fingerprint density at radius 2 is 1.77 bits per heavy atom. The van der Waals surface area contributed by atoms with Crippen LogP contribution in [0.2, 0.25) is 0 Å². The molecule has 2 atom stereocenters. The molecule has 0 aliphatic heterocycles. The highest BCUT2D eigenvalue weighted by atomic mass is 32.2. The average molecular weight is 383 g/mol. The number of aliphatic carboxylic acids is 2. The number of aliphatic hydroxyl groups is 2. The number of hydrogen-bond acceptors (Lipinski definition) is 6. The van der Waals surface area contributed by atoms with E-state index >= 15 is 0 Å². The number of H-pyrrole nitrogens is 1. The fraction of sp³-hybridized carbons (Fsp3) is 0.235. The second-order valence-corrected chi connectivity index (χ2v) is 6.16. The third-order valence-corrected chi connectivity index (χ3v) is 4.03. The van der Waals surface area contributed by atoms with Crippen molar-refractivity contribution in [1.82, 2.24) is 0 Å². The number of benzene rings is 1. The van der Waals surface area contributed by atoms with Gasteiger partial charge in [-0.3, -0.25) is 0 Å². The van der Waals surface area contributed by atoms with E-state index in [9.17, 15) is 19.1 Å². The van der Waals surface area contributed by atoms with E-state index in [0.717, 1.165) is 17.1 Å². The van der Waals surface area contributed by atoms with Crippen LogP contribution in [0.15, 0.2) is 53.6 Å². The number of hydrogen-bond donors (Lipinski definition) is 3. The molecule has 4 N–H and O–H groups in total. The number of aryl methyl sites for hydroxylation is 1. The lowest BCUT2D eigenvalue weighted by atomic mass is 10.2. The Kier molecular flexibility index (Phi) is 9.27. The Bertz CT molecular complexity index is 680. The second-order valence-electron chi connectivity index (χ2n) is 4.99. The van der Waals surface area contributed by atoms with Gasteiger partial charge in [-0.1, -0.05) is 6.07 Å². The summed E-state index contributed by atoms with van der Waals surface area (Å²) in [6, 6.07) is 12.7. The summed E-state index contributed by atoms with van der Waals surface area (Å²) in [4.78, 5) is 23.7. The van der Waals surface area contributed by atoms with Crippen molar-refractivity contribution in [1.29, 1.82) is 0 Å². The lowest BCUT2D eigenvalue weighted by molar-refractivity contribution is -0.389. The van der Waals surface area contributed by atoms with Gasteiger partial charge < -0.3 is 25.2 Å². The van der Waals surface area contributed by atoms with Crippen molar-refractivity contribution in [2.75, 3.05) is 5.75 Å². The van der Waals surface area contributed by atoms with Crippen LogP contribution in [0.5, 0.6) is 0 Å². The van der Waals surface area contributed by atoms with Gasteiger partial charge in [0.05, 0.1) is 5.97 Å². The van der Waals surface area contributed by atoms with Crippen molar-refractivity contribution in [2.24, 2.45) is 0 Å². The Hall–Kier alpha value is -2.49. The Morgan fingerprint density at radius 1 is 1.12 bits per heavy atom. The van der Waals surface area contributed by atoms with Crippen LogP contribution in [-0.4, -0.2) is 45.2 Å². The number of aliphatic hydroxyl groups excluding tert-OH is 2. The first-order chi connectivity index (χ1) is 12.3. The van der Waals surface area contributed by atoms with E-state index in [2.05, 4.69) is 11.1 Å². The van der Waals surface area contributed by atoms with Gasteiger partial charge in [0, 0.05) is 29.2 Å². The first kappa shape index (κ1) is 21.6. The fourth-order valence-electron chi connectivity index (χ4n) is 1.66. The molecule has 0 radical (unpaired) electrons. The quantitative estimate of drug-likeness (QED) is 0.550. The third kappa shape index (κ3) is 8.06. The van der Waals surface area contributed by atoms with Crippen molar-refractivity contribution in [2.45, 2.75) is 23.5 Å². The molecular formula is C17H18FNO6S. The maximum absolute atomic E-state index is 12.7. The molecular weight excluding hydrogens is 365 g/mol. The van der Waals surface area contributed by atoms with E-state index in [1.54, 1.807) is 11.8 Å². The maximum atomic E-state index is 12.7. The van der Waals surface area contributed by atoms with Gasteiger partial charge in [0.1, 0.15) is 11.9 Å². The van der Waals surface area contributed by atoms with Crippen LogP contribution in [0.4, 0.5) is 4.39 Å². The van der Waals surface area contributed by atoms with Crippen LogP contribution in [0.1, 0.15) is 5.69 Å². The number of aromatic nitrogens is 1. The van der Waals surface area contributed by atoms with Crippen LogP contribution in [0, 0.1) is 5.82 Å². The maximum Gasteiger partial charge on any atom is 0.335 e. The topological polar surface area (TPSA) is 132 Å². The molecule has 0 saturated heterocycles. The molecule has 9 heteroatoms. The van der Waals surface area contributed by atoms with Gasteiger partial charge in [-0.25, -0.2) is 14.2 Å². The van der Waals surface area contributed by atoms with Gasteiger partial charge in [-0.2, -0.15) is 0 Å². The first-order valence-corrected chi connectivity index (χ1v) is 8.43. The zero-order valence-electron chi connectivity index (χ0n) is 13.5. The molecule has 0 aliphatic rings. The number of pyridine rings is 1. The summed E-state index contributed by atoms with van der Waals surface area (Å²) in [7, 11) is 0. The molecule has 1 aromatic carbocycles. The molecule has 1 heterocycles. The number of thioether (sulfide) groups is 1. The molecule has 2 rings (SSSR count). The third-order valence-electron chi connectivity index (χ3n) is 3.02. The van der Waals surface area contributed by atoms with Gasteiger partial charge in [0.25, 0.3) is 0 Å². The number of carbonyl (C=O) groups is 2. The Morgan fingerprint density at radius 3 is 2.23 bits per heavy atom. The Labute approximate surface area is 153 Å². The largest absolute Gasteiger partial charge is 0.547 e. The molecule has 2 unspecified atom stereocenters. The van der Waals surface area contributed by atoms with E-state index in [4.69, 9.17) is 15.3 Å². The fourth-order valence-corrected chi connectivity index (χ4v) is 2.55. The molecule has 26 heavy (non-hydrogen) atoms. The highest BCUT2D eigenvalue weighted by Crippen LogP contribution is 2.18. The van der Waals surface area contributed by atoms with Crippen molar-refractivity contribution in [3.05, 3.63) is 60.2 Å². The predicted octanol–water partition coefficient (Wildman–Crippen LogP) is -0.483. The predicted molar refractivity (Wildman–Crippen MR) is 88.5 cm³/mol. The smallest absolute Gasteiger partial charge is 0.335 e. The van der Waals surface area contributed by atoms with Gasteiger partial charge in [0.15, 0.2) is 18.0 Å². The molecule has 0 aliphatic carbocycles. The van der Waals surface area contributed by atoms with Gasteiger partial charge in [0.2, 0.25) is 0 Å².